The SMILES string of the molecule is O=C(O)c1ccc2nc(C3CC3)cc(=O)n2c1. The number of hydrogen-bond donors (Lipinski definition) is 1. The molecule has 0 bridgehead atoms. The standard InChI is InChI=1S/C12H10N2O3/c15-11-5-9(7-1-2-7)13-10-4-3-8(12(16)17)6-14(10)11/h3-7H,1-2H2,(H,16,17). The molecule has 0 atom stereocenters. The highest BCUT2D eigenvalue weighted by atomic mass is 16.4. The summed E-state index contributed by atoms with van der Waals surface area (Å²) in [5.41, 5.74) is 1.18. The molecule has 0 amide bonds. The molecule has 1 fully saturated rings. The molecular formula is C12H10N2O3. The summed E-state index contributed by atoms with van der Waals surface area (Å²) in [6.45, 7) is 0. The summed E-state index contributed by atoms with van der Waals surface area (Å²) in [6.07, 6.45) is 3.47. The normalized spacial score (nSPS) is 15.1. The van der Waals surface area contributed by atoms with Crippen LogP contribution in [0.15, 0.2) is 29.2 Å². The zero-order valence-corrected chi connectivity index (χ0v) is 8.96. The molecule has 0 saturated heterocycles. The molecule has 0 aliphatic heterocycles. The van der Waals surface area contributed by atoms with Crippen LogP contribution in [0.4, 0.5) is 0 Å². The Morgan fingerprint density at radius 1 is 1.41 bits per heavy atom. The number of nitrogens with zero attached hydrogens (tertiary/aromatic N) is 2. The molecule has 86 valence electrons. The number of carboxylic acids is 1. The lowest BCUT2D eigenvalue weighted by Gasteiger charge is -2.03. The van der Waals surface area contributed by atoms with Gasteiger partial charge in [-0.25, -0.2) is 9.78 Å². The third kappa shape index (κ3) is 1.69. The van der Waals surface area contributed by atoms with Crippen molar-refractivity contribution in [2.45, 2.75) is 18.8 Å². The average Bonchev–Trinajstić information content (AvgIpc) is 3.12. The fourth-order valence-corrected chi connectivity index (χ4v) is 1.84. The van der Waals surface area contributed by atoms with Gasteiger partial charge in [0.25, 0.3) is 5.56 Å². The van der Waals surface area contributed by atoms with Gasteiger partial charge in [0.1, 0.15) is 5.65 Å². The second-order valence-electron chi connectivity index (χ2n) is 4.24. The first-order chi connectivity index (χ1) is 8.15. The number of rotatable bonds is 2. The molecule has 0 unspecified atom stereocenters. The lowest BCUT2D eigenvalue weighted by atomic mass is 10.2. The molecule has 0 radical (unpaired) electrons. The van der Waals surface area contributed by atoms with Crippen LogP contribution in [0.2, 0.25) is 0 Å². The minimum atomic E-state index is -1.05. The van der Waals surface area contributed by atoms with E-state index < -0.39 is 5.97 Å². The third-order valence-corrected chi connectivity index (χ3v) is 2.92. The van der Waals surface area contributed by atoms with Gasteiger partial charge in [0.15, 0.2) is 0 Å². The molecule has 1 aliphatic carbocycles. The van der Waals surface area contributed by atoms with Gasteiger partial charge in [-0.3, -0.25) is 9.20 Å². The van der Waals surface area contributed by atoms with Crippen LogP contribution in [-0.4, -0.2) is 20.5 Å². The first kappa shape index (κ1) is 10.0. The van der Waals surface area contributed by atoms with E-state index in [1.807, 2.05) is 0 Å². The smallest absolute Gasteiger partial charge is 0.337 e. The van der Waals surface area contributed by atoms with Crippen molar-refractivity contribution in [2.24, 2.45) is 0 Å². The molecule has 5 heteroatoms. The Morgan fingerprint density at radius 2 is 2.18 bits per heavy atom. The van der Waals surface area contributed by atoms with Crippen LogP contribution in [0, 0.1) is 0 Å². The maximum absolute atomic E-state index is 11.8. The largest absolute Gasteiger partial charge is 0.478 e. The molecule has 2 aromatic heterocycles. The van der Waals surface area contributed by atoms with Crippen LogP contribution in [0.25, 0.3) is 5.65 Å². The lowest BCUT2D eigenvalue weighted by molar-refractivity contribution is 0.0696. The summed E-state index contributed by atoms with van der Waals surface area (Å²) in [5.74, 6) is -0.642. The summed E-state index contributed by atoms with van der Waals surface area (Å²) in [6, 6.07) is 4.52. The lowest BCUT2D eigenvalue weighted by Crippen LogP contribution is -2.16. The van der Waals surface area contributed by atoms with E-state index in [4.69, 9.17) is 5.11 Å². The second-order valence-corrected chi connectivity index (χ2v) is 4.24. The molecule has 0 aromatic carbocycles. The minimum Gasteiger partial charge on any atom is -0.478 e. The molecule has 2 heterocycles. The molecule has 3 rings (SSSR count). The Kier molecular flexibility index (Phi) is 2.01. The number of aromatic nitrogens is 2. The van der Waals surface area contributed by atoms with Gasteiger partial charge in [-0.15, -0.1) is 0 Å². The highest BCUT2D eigenvalue weighted by Crippen LogP contribution is 2.38. The van der Waals surface area contributed by atoms with Gasteiger partial charge in [0.05, 0.1) is 11.3 Å². The molecular weight excluding hydrogens is 220 g/mol. The summed E-state index contributed by atoms with van der Waals surface area (Å²) >= 11 is 0. The Balaban J connectivity index is 2.24. The molecule has 17 heavy (non-hydrogen) atoms. The van der Waals surface area contributed by atoms with E-state index in [-0.39, 0.29) is 11.1 Å². The molecule has 2 aromatic rings. The van der Waals surface area contributed by atoms with Crippen molar-refractivity contribution < 1.29 is 9.90 Å². The maximum atomic E-state index is 11.8. The predicted molar refractivity (Wildman–Crippen MR) is 60.4 cm³/mol. The van der Waals surface area contributed by atoms with Crippen LogP contribution >= 0.6 is 0 Å². The van der Waals surface area contributed by atoms with Gasteiger partial charge >= 0.3 is 5.97 Å². The Morgan fingerprint density at radius 3 is 2.82 bits per heavy atom. The number of pyridine rings is 1. The van der Waals surface area contributed by atoms with Gasteiger partial charge < -0.3 is 5.11 Å². The topological polar surface area (TPSA) is 71.7 Å². The van der Waals surface area contributed by atoms with Gasteiger partial charge in [-0.05, 0) is 25.0 Å². The Labute approximate surface area is 96.4 Å². The van der Waals surface area contributed by atoms with Crippen molar-refractivity contribution in [3.8, 4) is 0 Å². The third-order valence-electron chi connectivity index (χ3n) is 2.92. The van der Waals surface area contributed by atoms with E-state index >= 15 is 0 Å². The van der Waals surface area contributed by atoms with Crippen molar-refractivity contribution in [3.63, 3.8) is 0 Å². The van der Waals surface area contributed by atoms with Crippen molar-refractivity contribution in [3.05, 3.63) is 46.0 Å². The van der Waals surface area contributed by atoms with E-state index in [1.165, 1.54) is 22.7 Å². The van der Waals surface area contributed by atoms with Gasteiger partial charge in [-0.2, -0.15) is 0 Å². The van der Waals surface area contributed by atoms with Gasteiger partial charge in [0.2, 0.25) is 0 Å². The van der Waals surface area contributed by atoms with Crippen LogP contribution in [0.1, 0.15) is 34.8 Å². The number of aromatic carboxylic acids is 1. The predicted octanol–water partition coefficient (Wildman–Crippen LogP) is 1.27. The Bertz CT molecular complexity index is 671. The summed E-state index contributed by atoms with van der Waals surface area (Å²) in [4.78, 5) is 27.0. The number of fused-ring (bicyclic) bond motifs is 1. The fourth-order valence-electron chi connectivity index (χ4n) is 1.84. The summed E-state index contributed by atoms with van der Waals surface area (Å²) < 4.78 is 1.27. The summed E-state index contributed by atoms with van der Waals surface area (Å²) in [7, 11) is 0. The van der Waals surface area contributed by atoms with Crippen LogP contribution in [0.5, 0.6) is 0 Å². The number of hydrogen-bond acceptors (Lipinski definition) is 3. The molecule has 1 saturated carbocycles. The highest BCUT2D eigenvalue weighted by molar-refractivity contribution is 5.87. The van der Waals surface area contributed by atoms with E-state index in [0.29, 0.717) is 11.6 Å². The van der Waals surface area contributed by atoms with Crippen LogP contribution in [-0.2, 0) is 0 Å². The van der Waals surface area contributed by atoms with Gasteiger partial charge in [0, 0.05) is 18.2 Å². The van der Waals surface area contributed by atoms with Crippen molar-refractivity contribution in [1.82, 2.24) is 9.38 Å². The molecule has 1 N–H and O–H groups in total. The average molecular weight is 230 g/mol. The monoisotopic (exact) mass is 230 g/mol. The zero-order valence-electron chi connectivity index (χ0n) is 8.96. The van der Waals surface area contributed by atoms with Crippen molar-refractivity contribution in [2.75, 3.05) is 0 Å². The summed E-state index contributed by atoms with van der Waals surface area (Å²) in [5, 5.41) is 8.85. The van der Waals surface area contributed by atoms with E-state index in [0.717, 1.165) is 18.5 Å². The van der Waals surface area contributed by atoms with Crippen LogP contribution < -0.4 is 5.56 Å². The number of carboxylic acid groups (broad SMARTS) is 1. The van der Waals surface area contributed by atoms with Gasteiger partial charge in [-0.1, -0.05) is 0 Å². The fraction of sp³-hybridized carbons (Fsp3) is 0.250. The minimum absolute atomic E-state index is 0.0839. The van der Waals surface area contributed by atoms with E-state index in [9.17, 15) is 9.59 Å². The maximum Gasteiger partial charge on any atom is 0.337 e. The molecule has 1 aliphatic rings. The first-order valence-corrected chi connectivity index (χ1v) is 5.42. The van der Waals surface area contributed by atoms with E-state index in [1.54, 1.807) is 6.07 Å². The Hall–Kier alpha value is -2.17. The quantitative estimate of drug-likeness (QED) is 0.843. The van der Waals surface area contributed by atoms with Crippen molar-refractivity contribution >= 4 is 11.6 Å². The second kappa shape index (κ2) is 3.41. The van der Waals surface area contributed by atoms with Crippen molar-refractivity contribution in [1.29, 1.82) is 0 Å². The highest BCUT2D eigenvalue weighted by Gasteiger charge is 2.25. The first-order valence-electron chi connectivity index (χ1n) is 5.42. The number of carbonyl (C=O) groups is 1. The molecule has 0 spiro atoms. The van der Waals surface area contributed by atoms with Crippen LogP contribution in [0.3, 0.4) is 0 Å². The van der Waals surface area contributed by atoms with E-state index in [2.05, 4.69) is 4.98 Å². The molecule has 5 nitrogen and oxygen atoms in total. The zero-order chi connectivity index (χ0) is 12.0.